The summed E-state index contributed by atoms with van der Waals surface area (Å²) in [7, 11) is 0. The smallest absolute Gasteiger partial charge is 0.227 e. The highest BCUT2D eigenvalue weighted by atomic mass is 16.1. The topological polar surface area (TPSA) is 29.1 Å². The van der Waals surface area contributed by atoms with E-state index in [0.29, 0.717) is 0 Å². The lowest BCUT2D eigenvalue weighted by molar-refractivity contribution is -0.123. The molecule has 0 aliphatic rings. The first-order valence-corrected chi connectivity index (χ1v) is 6.04. The molecule has 0 saturated carbocycles. The van der Waals surface area contributed by atoms with Crippen molar-refractivity contribution in [2.45, 2.75) is 45.6 Å². The van der Waals surface area contributed by atoms with Crippen LogP contribution >= 0.6 is 0 Å². The van der Waals surface area contributed by atoms with Crippen LogP contribution in [0.15, 0.2) is 30.3 Å². The minimum absolute atomic E-state index is 0.0183. The lowest BCUT2D eigenvalue weighted by atomic mass is 9.95. The Labute approximate surface area is 98.1 Å². The lowest BCUT2D eigenvalue weighted by Gasteiger charge is -2.18. The zero-order chi connectivity index (χ0) is 12.0. The van der Waals surface area contributed by atoms with Crippen LogP contribution in [0.25, 0.3) is 0 Å². The van der Waals surface area contributed by atoms with Crippen LogP contribution in [0.4, 0.5) is 0 Å². The monoisotopic (exact) mass is 219 g/mol. The van der Waals surface area contributed by atoms with Crippen molar-refractivity contribution >= 4 is 5.91 Å². The highest BCUT2D eigenvalue weighted by Gasteiger charge is 2.19. The zero-order valence-corrected chi connectivity index (χ0v) is 10.4. The number of hydrogen-bond acceptors (Lipinski definition) is 1. The molecule has 2 heteroatoms. The van der Waals surface area contributed by atoms with Crippen LogP contribution in [-0.2, 0) is 4.79 Å². The molecule has 16 heavy (non-hydrogen) atoms. The van der Waals surface area contributed by atoms with Gasteiger partial charge in [0.25, 0.3) is 0 Å². The SMILES string of the molecule is CC[C@@H](C)NC(=O)[C@H](CC)c1ccccc1. The summed E-state index contributed by atoms with van der Waals surface area (Å²) in [5.74, 6) is 0.123. The quantitative estimate of drug-likeness (QED) is 0.810. The first-order chi connectivity index (χ1) is 7.69. The van der Waals surface area contributed by atoms with Gasteiger partial charge in [-0.15, -0.1) is 0 Å². The highest BCUT2D eigenvalue weighted by molar-refractivity contribution is 5.83. The van der Waals surface area contributed by atoms with Crippen molar-refractivity contribution in [1.29, 1.82) is 0 Å². The molecule has 2 atom stereocenters. The molecule has 1 aromatic rings. The van der Waals surface area contributed by atoms with Crippen LogP contribution < -0.4 is 5.32 Å². The van der Waals surface area contributed by atoms with Gasteiger partial charge in [0.15, 0.2) is 0 Å². The molecule has 0 aliphatic heterocycles. The van der Waals surface area contributed by atoms with Crippen LogP contribution in [0.1, 0.15) is 45.1 Å². The van der Waals surface area contributed by atoms with Crippen molar-refractivity contribution in [3.8, 4) is 0 Å². The molecule has 0 radical (unpaired) electrons. The van der Waals surface area contributed by atoms with E-state index < -0.39 is 0 Å². The van der Waals surface area contributed by atoms with Gasteiger partial charge in [0.1, 0.15) is 0 Å². The van der Waals surface area contributed by atoms with Gasteiger partial charge < -0.3 is 5.32 Å². The molecule has 0 unspecified atom stereocenters. The van der Waals surface area contributed by atoms with Crippen molar-refractivity contribution in [3.63, 3.8) is 0 Å². The molecule has 1 rings (SSSR count). The minimum atomic E-state index is -0.0183. The van der Waals surface area contributed by atoms with Gasteiger partial charge in [-0.1, -0.05) is 44.2 Å². The van der Waals surface area contributed by atoms with E-state index in [2.05, 4.69) is 12.2 Å². The predicted molar refractivity (Wildman–Crippen MR) is 67.4 cm³/mol. The second-order valence-corrected chi connectivity index (χ2v) is 4.19. The molecule has 1 N–H and O–H groups in total. The van der Waals surface area contributed by atoms with E-state index in [0.717, 1.165) is 18.4 Å². The summed E-state index contributed by atoms with van der Waals surface area (Å²) < 4.78 is 0. The second-order valence-electron chi connectivity index (χ2n) is 4.19. The van der Waals surface area contributed by atoms with Crippen molar-refractivity contribution in [2.24, 2.45) is 0 Å². The number of amides is 1. The number of carbonyl (C=O) groups excluding carboxylic acids is 1. The van der Waals surface area contributed by atoms with E-state index in [-0.39, 0.29) is 17.9 Å². The summed E-state index contributed by atoms with van der Waals surface area (Å²) in [6, 6.07) is 10.2. The van der Waals surface area contributed by atoms with Crippen LogP contribution in [0, 0.1) is 0 Å². The van der Waals surface area contributed by atoms with Gasteiger partial charge in [-0.3, -0.25) is 4.79 Å². The van der Waals surface area contributed by atoms with Crippen molar-refractivity contribution in [2.75, 3.05) is 0 Å². The molecule has 1 amide bonds. The lowest BCUT2D eigenvalue weighted by Crippen LogP contribution is -2.35. The Balaban J connectivity index is 2.71. The third-order valence-corrected chi connectivity index (χ3v) is 2.93. The third-order valence-electron chi connectivity index (χ3n) is 2.93. The Morgan fingerprint density at radius 2 is 1.81 bits per heavy atom. The molecular formula is C14H21NO. The Morgan fingerprint density at radius 3 is 2.31 bits per heavy atom. The van der Waals surface area contributed by atoms with E-state index in [9.17, 15) is 4.79 Å². The van der Waals surface area contributed by atoms with Crippen LogP contribution in [0.3, 0.4) is 0 Å². The average molecular weight is 219 g/mol. The van der Waals surface area contributed by atoms with Crippen molar-refractivity contribution in [1.82, 2.24) is 5.32 Å². The minimum Gasteiger partial charge on any atom is -0.353 e. The van der Waals surface area contributed by atoms with Gasteiger partial charge in [-0.25, -0.2) is 0 Å². The molecule has 0 aliphatic carbocycles. The Hall–Kier alpha value is -1.31. The van der Waals surface area contributed by atoms with E-state index in [1.54, 1.807) is 0 Å². The third kappa shape index (κ3) is 3.37. The van der Waals surface area contributed by atoms with Crippen LogP contribution in [-0.4, -0.2) is 11.9 Å². The average Bonchev–Trinajstić information content (AvgIpc) is 2.31. The summed E-state index contributed by atoms with van der Waals surface area (Å²) in [6.45, 7) is 6.16. The second kappa shape index (κ2) is 6.31. The Kier molecular flexibility index (Phi) is 5.03. The molecule has 0 spiro atoms. The maximum absolute atomic E-state index is 12.0. The number of carbonyl (C=O) groups is 1. The van der Waals surface area contributed by atoms with Gasteiger partial charge in [0.05, 0.1) is 5.92 Å². The zero-order valence-electron chi connectivity index (χ0n) is 10.4. The molecule has 0 aromatic heterocycles. The number of rotatable bonds is 5. The maximum atomic E-state index is 12.0. The van der Waals surface area contributed by atoms with Gasteiger partial charge in [-0.05, 0) is 25.3 Å². The highest BCUT2D eigenvalue weighted by Crippen LogP contribution is 2.19. The predicted octanol–water partition coefficient (Wildman–Crippen LogP) is 3.09. The largest absolute Gasteiger partial charge is 0.353 e. The van der Waals surface area contributed by atoms with Crippen molar-refractivity contribution in [3.05, 3.63) is 35.9 Å². The van der Waals surface area contributed by atoms with Crippen LogP contribution in [0.5, 0.6) is 0 Å². The van der Waals surface area contributed by atoms with Gasteiger partial charge in [0.2, 0.25) is 5.91 Å². The first-order valence-electron chi connectivity index (χ1n) is 6.04. The summed E-state index contributed by atoms with van der Waals surface area (Å²) in [6.07, 6.45) is 1.81. The molecule has 0 fully saturated rings. The summed E-state index contributed by atoms with van der Waals surface area (Å²) in [5, 5.41) is 3.04. The van der Waals surface area contributed by atoms with Gasteiger partial charge in [0, 0.05) is 6.04 Å². The fraction of sp³-hybridized carbons (Fsp3) is 0.500. The Bertz CT molecular complexity index is 321. The normalized spacial score (nSPS) is 14.2. The molecule has 0 saturated heterocycles. The Morgan fingerprint density at radius 1 is 1.19 bits per heavy atom. The fourth-order valence-electron chi connectivity index (χ4n) is 1.70. The number of benzene rings is 1. The molecule has 88 valence electrons. The number of hydrogen-bond donors (Lipinski definition) is 1. The standard InChI is InChI=1S/C14H21NO/c1-4-11(3)15-14(16)13(5-2)12-9-7-6-8-10-12/h6-11,13H,4-5H2,1-3H3,(H,15,16)/t11-,13-/m1/s1. The van der Waals surface area contributed by atoms with Crippen molar-refractivity contribution < 1.29 is 4.79 Å². The fourth-order valence-corrected chi connectivity index (χ4v) is 1.70. The molecule has 0 heterocycles. The van der Waals surface area contributed by atoms with Crippen LogP contribution in [0.2, 0.25) is 0 Å². The molecule has 0 bridgehead atoms. The molecule has 2 nitrogen and oxygen atoms in total. The number of nitrogens with one attached hydrogen (secondary N) is 1. The van der Waals surface area contributed by atoms with E-state index >= 15 is 0 Å². The first kappa shape index (κ1) is 12.8. The maximum Gasteiger partial charge on any atom is 0.227 e. The summed E-state index contributed by atoms with van der Waals surface area (Å²) in [5.41, 5.74) is 1.10. The van der Waals surface area contributed by atoms with Gasteiger partial charge in [-0.2, -0.15) is 0 Å². The summed E-state index contributed by atoms with van der Waals surface area (Å²) >= 11 is 0. The van der Waals surface area contributed by atoms with E-state index in [4.69, 9.17) is 0 Å². The van der Waals surface area contributed by atoms with Gasteiger partial charge >= 0.3 is 0 Å². The van der Waals surface area contributed by atoms with E-state index in [1.807, 2.05) is 44.2 Å². The summed E-state index contributed by atoms with van der Waals surface area (Å²) in [4.78, 5) is 12.0. The molecular weight excluding hydrogens is 198 g/mol. The van der Waals surface area contributed by atoms with E-state index in [1.165, 1.54) is 0 Å². The molecule has 1 aromatic carbocycles.